The average Bonchev–Trinajstić information content (AvgIpc) is 4.24. The molecule has 0 unspecified atom stereocenters. The van der Waals surface area contributed by atoms with E-state index in [-0.39, 0.29) is 0 Å². The fourth-order valence-corrected chi connectivity index (χ4v) is 12.2. The molecule has 2 heteroatoms. The van der Waals surface area contributed by atoms with Crippen LogP contribution < -0.4 is 0 Å². The number of rotatable bonds is 10. The minimum atomic E-state index is 1.13. The number of aromatic nitrogens is 2. The van der Waals surface area contributed by atoms with Crippen LogP contribution in [0.1, 0.15) is 0 Å². The Balaban J connectivity index is 0.702. The summed E-state index contributed by atoms with van der Waals surface area (Å²) < 4.78 is 4.86. The molecule has 374 valence electrons. The van der Waals surface area contributed by atoms with E-state index in [4.69, 9.17) is 0 Å². The maximum atomic E-state index is 2.43. The summed E-state index contributed by atoms with van der Waals surface area (Å²) in [6.07, 6.45) is 0. The second-order valence-corrected chi connectivity index (χ2v) is 20.9. The maximum Gasteiger partial charge on any atom is 0.0541 e. The molecule has 0 radical (unpaired) electrons. The number of hydrogen-bond donors (Lipinski definition) is 0. The van der Waals surface area contributed by atoms with Crippen LogP contribution in [0.15, 0.2) is 315 Å². The fourth-order valence-electron chi connectivity index (χ4n) is 12.2. The van der Waals surface area contributed by atoms with Gasteiger partial charge in [0, 0.05) is 32.8 Å². The summed E-state index contributed by atoms with van der Waals surface area (Å²) in [5, 5.41) is 4.95. The van der Waals surface area contributed by atoms with Crippen molar-refractivity contribution in [3.63, 3.8) is 0 Å². The number of hydrogen-bond acceptors (Lipinski definition) is 0. The highest BCUT2D eigenvalue weighted by Crippen LogP contribution is 2.41. The number of benzene rings is 13. The van der Waals surface area contributed by atoms with Crippen molar-refractivity contribution >= 4 is 43.6 Å². The molecule has 0 N–H and O–H groups in total. The Morgan fingerprint density at radius 1 is 0.163 bits per heavy atom. The van der Waals surface area contributed by atoms with E-state index in [0.29, 0.717) is 0 Å². The van der Waals surface area contributed by atoms with Gasteiger partial charge in [0.05, 0.1) is 27.8 Å². The highest BCUT2D eigenvalue weighted by molar-refractivity contribution is 6.13. The zero-order chi connectivity index (χ0) is 52.9. The van der Waals surface area contributed by atoms with Crippen molar-refractivity contribution in [2.75, 3.05) is 0 Å². The summed E-state index contributed by atoms with van der Waals surface area (Å²) in [4.78, 5) is 0. The molecule has 2 heterocycles. The normalized spacial score (nSPS) is 11.5. The summed E-state index contributed by atoms with van der Waals surface area (Å²) in [5.74, 6) is 0. The molecule has 0 saturated heterocycles. The van der Waals surface area contributed by atoms with E-state index in [1.807, 2.05) is 0 Å². The third kappa shape index (κ3) is 8.39. The Bertz CT molecular complexity index is 4770. The number of nitrogens with zero attached hydrogens (tertiary/aromatic N) is 2. The second kappa shape index (κ2) is 19.8. The van der Waals surface area contributed by atoms with Crippen LogP contribution in [0.3, 0.4) is 0 Å². The lowest BCUT2D eigenvalue weighted by Crippen LogP contribution is -1.97. The molecule has 15 rings (SSSR count). The Morgan fingerprint density at radius 2 is 0.475 bits per heavy atom. The first-order valence-corrected chi connectivity index (χ1v) is 27.5. The van der Waals surface area contributed by atoms with Gasteiger partial charge in [0.2, 0.25) is 0 Å². The molecule has 0 aliphatic heterocycles. The minimum Gasteiger partial charge on any atom is -0.309 e. The van der Waals surface area contributed by atoms with Gasteiger partial charge in [-0.15, -0.1) is 0 Å². The van der Waals surface area contributed by atoms with Crippen LogP contribution in [0, 0.1) is 0 Å². The summed E-state index contributed by atoms with van der Waals surface area (Å²) in [5.41, 5.74) is 26.3. The molecule has 2 aromatic heterocycles. The van der Waals surface area contributed by atoms with Gasteiger partial charge >= 0.3 is 0 Å². The van der Waals surface area contributed by atoms with Gasteiger partial charge in [0.15, 0.2) is 0 Å². The first-order chi connectivity index (χ1) is 39.6. The topological polar surface area (TPSA) is 9.86 Å². The van der Waals surface area contributed by atoms with Crippen molar-refractivity contribution in [3.05, 3.63) is 315 Å². The van der Waals surface area contributed by atoms with Crippen molar-refractivity contribution in [2.24, 2.45) is 0 Å². The van der Waals surface area contributed by atoms with Gasteiger partial charge < -0.3 is 9.13 Å². The largest absolute Gasteiger partial charge is 0.309 e. The first kappa shape index (κ1) is 46.7. The SMILES string of the molecule is c1ccc(-c2ccc(-c3ccc(-c4cccc(-c5cccc(-c6ccc(-c7cccc(-n8c9ccccc9c9cc(-c%10ccc%11c(c%10)c%10ccccc%10n%11-c%10ccccc%10-c%10ccccc%10)ccc98)c7)cc6)c5)c4)cc3)cc2)cc1. The Morgan fingerprint density at radius 3 is 0.988 bits per heavy atom. The Labute approximate surface area is 466 Å². The van der Waals surface area contributed by atoms with Gasteiger partial charge in [0.1, 0.15) is 0 Å². The van der Waals surface area contributed by atoms with Crippen molar-refractivity contribution in [2.45, 2.75) is 0 Å². The quantitative estimate of drug-likeness (QED) is 0.129. The van der Waals surface area contributed by atoms with E-state index in [1.54, 1.807) is 0 Å². The smallest absolute Gasteiger partial charge is 0.0541 e. The fraction of sp³-hybridized carbons (Fsp3) is 0. The molecule has 80 heavy (non-hydrogen) atoms. The van der Waals surface area contributed by atoms with E-state index >= 15 is 0 Å². The van der Waals surface area contributed by atoms with E-state index in [9.17, 15) is 0 Å². The lowest BCUT2D eigenvalue weighted by Gasteiger charge is -2.14. The van der Waals surface area contributed by atoms with E-state index in [1.165, 1.54) is 138 Å². The van der Waals surface area contributed by atoms with Crippen LogP contribution in [0.4, 0.5) is 0 Å². The molecular weight excluding hydrogens is 965 g/mol. The van der Waals surface area contributed by atoms with Crippen LogP contribution >= 0.6 is 0 Å². The summed E-state index contributed by atoms with van der Waals surface area (Å²) >= 11 is 0. The van der Waals surface area contributed by atoms with Gasteiger partial charge in [-0.2, -0.15) is 0 Å². The van der Waals surface area contributed by atoms with E-state index in [2.05, 4.69) is 325 Å². The molecule has 0 aliphatic rings. The minimum absolute atomic E-state index is 1.13. The first-order valence-electron chi connectivity index (χ1n) is 27.5. The van der Waals surface area contributed by atoms with Gasteiger partial charge in [-0.25, -0.2) is 0 Å². The second-order valence-electron chi connectivity index (χ2n) is 20.9. The maximum absolute atomic E-state index is 2.43. The molecule has 0 aliphatic carbocycles. The van der Waals surface area contributed by atoms with Crippen LogP contribution in [0.25, 0.3) is 144 Å². The van der Waals surface area contributed by atoms with E-state index in [0.717, 1.165) is 5.69 Å². The van der Waals surface area contributed by atoms with Crippen molar-refractivity contribution in [1.29, 1.82) is 0 Å². The van der Waals surface area contributed by atoms with Crippen LogP contribution in [0.5, 0.6) is 0 Å². The van der Waals surface area contributed by atoms with Crippen molar-refractivity contribution in [1.82, 2.24) is 9.13 Å². The molecule has 15 aromatic rings. The van der Waals surface area contributed by atoms with Gasteiger partial charge in [0.25, 0.3) is 0 Å². The van der Waals surface area contributed by atoms with Gasteiger partial charge in [-0.3, -0.25) is 0 Å². The van der Waals surface area contributed by atoms with Crippen LogP contribution in [0.2, 0.25) is 0 Å². The van der Waals surface area contributed by atoms with Crippen molar-refractivity contribution < 1.29 is 0 Å². The molecule has 0 amide bonds. The molecule has 0 atom stereocenters. The lowest BCUT2D eigenvalue weighted by atomic mass is 9.94. The highest BCUT2D eigenvalue weighted by Gasteiger charge is 2.18. The van der Waals surface area contributed by atoms with E-state index < -0.39 is 0 Å². The molecule has 0 fully saturated rings. The van der Waals surface area contributed by atoms with Crippen molar-refractivity contribution in [3.8, 4) is 100 Å². The summed E-state index contributed by atoms with van der Waals surface area (Å²) in [6, 6.07) is 115. The van der Waals surface area contributed by atoms with Gasteiger partial charge in [-0.1, -0.05) is 249 Å². The van der Waals surface area contributed by atoms with Crippen LogP contribution in [-0.4, -0.2) is 9.13 Å². The number of fused-ring (bicyclic) bond motifs is 6. The predicted molar refractivity (Wildman–Crippen MR) is 339 cm³/mol. The van der Waals surface area contributed by atoms with Gasteiger partial charge in [-0.05, 0) is 150 Å². The zero-order valence-corrected chi connectivity index (χ0v) is 43.9. The molecule has 2 nitrogen and oxygen atoms in total. The number of para-hydroxylation sites is 3. The lowest BCUT2D eigenvalue weighted by molar-refractivity contribution is 1.18. The summed E-state index contributed by atoms with van der Waals surface area (Å²) in [6.45, 7) is 0. The predicted octanol–water partition coefficient (Wildman–Crippen LogP) is 21.2. The third-order valence-corrected chi connectivity index (χ3v) is 16.2. The standard InChI is InChI=1S/C78H52N2/c1-3-16-53(17-4-1)54-32-34-55(35-33-54)56-36-38-57(39-37-56)61-20-13-22-63(48-61)64-23-14-21-62(49-64)58-40-42-59(43-41-58)65-24-15-25-68(50-65)79-75-30-11-8-27-70(75)72-51-66(44-46-77(72)79)67-45-47-78-73(52-67)71-28-9-12-31-76(71)80(78)74-29-10-7-26-69(74)60-18-5-2-6-19-60/h1-52H. The molecule has 13 aromatic carbocycles. The Hall–Kier alpha value is -10.5. The molecule has 0 bridgehead atoms. The Kier molecular flexibility index (Phi) is 11.6. The monoisotopic (exact) mass is 1020 g/mol. The average molecular weight is 1020 g/mol. The summed E-state index contributed by atoms with van der Waals surface area (Å²) in [7, 11) is 0. The van der Waals surface area contributed by atoms with Crippen LogP contribution in [-0.2, 0) is 0 Å². The molecular formula is C78H52N2. The third-order valence-electron chi connectivity index (χ3n) is 16.2. The molecule has 0 spiro atoms. The highest BCUT2D eigenvalue weighted by atomic mass is 15.0. The zero-order valence-electron chi connectivity index (χ0n) is 43.9. The molecule has 0 saturated carbocycles.